The molecule has 0 amide bonds. The fourth-order valence-corrected chi connectivity index (χ4v) is 2.71. The van der Waals surface area contributed by atoms with Crippen LogP contribution in [-0.2, 0) is 16.7 Å². The van der Waals surface area contributed by atoms with Crippen molar-refractivity contribution >= 4 is 21.2 Å². The van der Waals surface area contributed by atoms with Gasteiger partial charge in [0.05, 0.1) is 23.5 Å². The van der Waals surface area contributed by atoms with Gasteiger partial charge in [-0.05, 0) is 37.3 Å². The lowest BCUT2D eigenvalue weighted by molar-refractivity contribution is -0.679. The average molecular weight is 344 g/mol. The van der Waals surface area contributed by atoms with Gasteiger partial charge in [-0.25, -0.2) is 8.42 Å². The van der Waals surface area contributed by atoms with Gasteiger partial charge in [-0.3, -0.25) is 0 Å². The van der Waals surface area contributed by atoms with Crippen LogP contribution in [0.4, 0.5) is 0 Å². The summed E-state index contributed by atoms with van der Waals surface area (Å²) in [5.74, 6) is 0.971. The highest BCUT2D eigenvalue weighted by Crippen LogP contribution is 2.12. The SMILES string of the molecule is CC[n+]1c(C)oc2ccccc21.N#Cc1ccc(S(=O)(=O)[O-])cc1. The predicted octanol–water partition coefficient (Wildman–Crippen LogP) is 2.51. The number of hydrogen-bond donors (Lipinski definition) is 0. The molecule has 0 fully saturated rings. The van der Waals surface area contributed by atoms with Crippen molar-refractivity contribution in [2.45, 2.75) is 25.3 Å². The normalized spacial score (nSPS) is 10.8. The third kappa shape index (κ3) is 3.98. The van der Waals surface area contributed by atoms with E-state index in [2.05, 4.69) is 17.6 Å². The van der Waals surface area contributed by atoms with Crippen molar-refractivity contribution in [3.63, 3.8) is 0 Å². The average Bonchev–Trinajstić information content (AvgIpc) is 2.89. The fraction of sp³-hybridized carbons (Fsp3) is 0.176. The Morgan fingerprint density at radius 1 is 1.17 bits per heavy atom. The van der Waals surface area contributed by atoms with Gasteiger partial charge in [0, 0.05) is 6.07 Å². The lowest BCUT2D eigenvalue weighted by atomic mass is 10.2. The Morgan fingerprint density at radius 3 is 2.33 bits per heavy atom. The molecule has 2 aromatic carbocycles. The Labute approximate surface area is 140 Å². The number of nitriles is 1. The summed E-state index contributed by atoms with van der Waals surface area (Å²) in [6.45, 7) is 5.07. The third-order valence-electron chi connectivity index (χ3n) is 3.38. The van der Waals surface area contributed by atoms with E-state index >= 15 is 0 Å². The smallest absolute Gasteiger partial charge is 0.344 e. The maximum absolute atomic E-state index is 10.4. The molecule has 3 aromatic rings. The molecule has 0 N–H and O–H groups in total. The first-order valence-corrected chi connectivity index (χ1v) is 8.61. The maximum Gasteiger partial charge on any atom is 0.344 e. The van der Waals surface area contributed by atoms with Crippen LogP contribution in [0.25, 0.3) is 11.1 Å². The van der Waals surface area contributed by atoms with E-state index in [1.165, 1.54) is 17.6 Å². The predicted molar refractivity (Wildman–Crippen MR) is 85.9 cm³/mol. The highest BCUT2D eigenvalue weighted by molar-refractivity contribution is 7.85. The van der Waals surface area contributed by atoms with Crippen LogP contribution in [0.3, 0.4) is 0 Å². The number of fused-ring (bicyclic) bond motifs is 1. The van der Waals surface area contributed by atoms with Crippen LogP contribution in [-0.4, -0.2) is 13.0 Å². The highest BCUT2D eigenvalue weighted by Gasteiger charge is 2.15. The summed E-state index contributed by atoms with van der Waals surface area (Å²) in [4.78, 5) is -0.318. The number of nitrogens with zero attached hydrogens (tertiary/aromatic N) is 2. The van der Waals surface area contributed by atoms with Crippen molar-refractivity contribution in [3.8, 4) is 6.07 Å². The second-order valence-corrected chi connectivity index (χ2v) is 6.30. The second-order valence-electron chi connectivity index (χ2n) is 4.92. The topological polar surface area (TPSA) is 98.0 Å². The number of oxazole rings is 1. The van der Waals surface area contributed by atoms with E-state index in [9.17, 15) is 13.0 Å². The molecule has 0 aliphatic carbocycles. The van der Waals surface area contributed by atoms with E-state index in [-0.39, 0.29) is 4.90 Å². The molecular formula is C17H16N2O4S. The number of hydrogen-bond acceptors (Lipinski definition) is 5. The largest absolute Gasteiger partial charge is 0.744 e. The zero-order valence-corrected chi connectivity index (χ0v) is 14.1. The van der Waals surface area contributed by atoms with Gasteiger partial charge in [-0.1, -0.05) is 12.1 Å². The van der Waals surface area contributed by atoms with Gasteiger partial charge in [0.25, 0.3) is 5.52 Å². The number of aromatic nitrogens is 1. The molecular weight excluding hydrogens is 328 g/mol. The zero-order chi connectivity index (χ0) is 17.7. The lowest BCUT2D eigenvalue weighted by Gasteiger charge is -2.05. The Kier molecular flexibility index (Phi) is 5.34. The van der Waals surface area contributed by atoms with Gasteiger partial charge in [0.2, 0.25) is 5.58 Å². The summed E-state index contributed by atoms with van der Waals surface area (Å²) in [5, 5.41) is 8.35. The molecule has 0 aliphatic rings. The van der Waals surface area contributed by atoms with Gasteiger partial charge in [-0.2, -0.15) is 9.83 Å². The van der Waals surface area contributed by atoms with E-state index < -0.39 is 10.1 Å². The molecule has 0 bridgehead atoms. The van der Waals surface area contributed by atoms with Crippen LogP contribution < -0.4 is 4.57 Å². The first kappa shape index (κ1) is 17.7. The van der Waals surface area contributed by atoms with E-state index in [1.807, 2.05) is 31.2 Å². The van der Waals surface area contributed by atoms with Gasteiger partial charge in [0.1, 0.15) is 16.7 Å². The van der Waals surface area contributed by atoms with E-state index in [0.29, 0.717) is 5.56 Å². The molecule has 7 heteroatoms. The van der Waals surface area contributed by atoms with Crippen molar-refractivity contribution in [2.24, 2.45) is 0 Å². The molecule has 124 valence electrons. The van der Waals surface area contributed by atoms with Crippen molar-refractivity contribution in [1.29, 1.82) is 5.26 Å². The Bertz CT molecular complexity index is 984. The summed E-state index contributed by atoms with van der Waals surface area (Å²) in [6.07, 6.45) is 0. The number of aryl methyl sites for hydroxylation is 2. The van der Waals surface area contributed by atoms with Crippen LogP contribution in [0.5, 0.6) is 0 Å². The molecule has 0 atom stereocenters. The summed E-state index contributed by atoms with van der Waals surface area (Å²) in [5.41, 5.74) is 2.47. The maximum atomic E-state index is 10.4. The number of rotatable bonds is 2. The molecule has 0 aliphatic heterocycles. The monoisotopic (exact) mass is 344 g/mol. The molecule has 0 spiro atoms. The molecule has 0 radical (unpaired) electrons. The van der Waals surface area contributed by atoms with Crippen LogP contribution in [0.1, 0.15) is 18.4 Å². The molecule has 3 rings (SSSR count). The quantitative estimate of drug-likeness (QED) is 0.525. The summed E-state index contributed by atoms with van der Waals surface area (Å²) in [6, 6.07) is 14.7. The van der Waals surface area contributed by atoms with E-state index in [1.54, 1.807) is 0 Å². The lowest BCUT2D eigenvalue weighted by Crippen LogP contribution is -2.33. The summed E-state index contributed by atoms with van der Waals surface area (Å²) < 4.78 is 38.9. The van der Waals surface area contributed by atoms with Crippen molar-refractivity contribution in [2.75, 3.05) is 0 Å². The minimum absolute atomic E-state index is 0.318. The summed E-state index contributed by atoms with van der Waals surface area (Å²) >= 11 is 0. The highest BCUT2D eigenvalue weighted by atomic mass is 32.2. The Morgan fingerprint density at radius 2 is 1.79 bits per heavy atom. The molecule has 6 nitrogen and oxygen atoms in total. The first-order chi connectivity index (χ1) is 11.4. The van der Waals surface area contributed by atoms with Crippen LogP contribution in [0, 0.1) is 18.3 Å². The van der Waals surface area contributed by atoms with Crippen LogP contribution in [0.2, 0.25) is 0 Å². The molecule has 1 heterocycles. The van der Waals surface area contributed by atoms with Crippen LogP contribution >= 0.6 is 0 Å². The van der Waals surface area contributed by atoms with Crippen molar-refractivity contribution in [3.05, 3.63) is 60.0 Å². The minimum atomic E-state index is -4.39. The van der Waals surface area contributed by atoms with Gasteiger partial charge >= 0.3 is 5.89 Å². The summed E-state index contributed by atoms with van der Waals surface area (Å²) in [7, 11) is -4.39. The zero-order valence-electron chi connectivity index (χ0n) is 13.3. The third-order valence-corrected chi connectivity index (χ3v) is 4.23. The minimum Gasteiger partial charge on any atom is -0.744 e. The van der Waals surface area contributed by atoms with E-state index in [4.69, 9.17) is 9.68 Å². The van der Waals surface area contributed by atoms with Crippen LogP contribution in [0.15, 0.2) is 57.8 Å². The van der Waals surface area contributed by atoms with Crippen molar-refractivity contribution < 1.29 is 22.0 Å². The fourth-order valence-electron chi connectivity index (χ4n) is 2.24. The van der Waals surface area contributed by atoms with Crippen molar-refractivity contribution in [1.82, 2.24) is 0 Å². The molecule has 0 saturated carbocycles. The Hall–Kier alpha value is -2.69. The number of benzene rings is 2. The van der Waals surface area contributed by atoms with Gasteiger partial charge < -0.3 is 8.97 Å². The molecule has 1 aromatic heterocycles. The van der Waals surface area contributed by atoms with Gasteiger partial charge in [0.15, 0.2) is 0 Å². The second kappa shape index (κ2) is 7.25. The number of para-hydroxylation sites is 2. The Balaban J connectivity index is 0.000000174. The molecule has 24 heavy (non-hydrogen) atoms. The molecule has 0 saturated heterocycles. The first-order valence-electron chi connectivity index (χ1n) is 7.21. The molecule has 0 unspecified atom stereocenters. The van der Waals surface area contributed by atoms with Gasteiger partial charge in [-0.15, -0.1) is 0 Å². The standard InChI is InChI=1S/C10H12NO.C7H5NO3S/c1-3-11-8(2)12-10-7-5-4-6-9(10)11;8-5-6-1-3-7(4-2-6)12(9,10)11/h4-7H,3H2,1-2H3;1-4H,(H,9,10,11)/q+1;/p-1. The van der Waals surface area contributed by atoms with E-state index in [0.717, 1.165) is 30.2 Å².